The number of carboxylic acids is 1. The van der Waals surface area contributed by atoms with E-state index in [1.54, 1.807) is 13.2 Å². The van der Waals surface area contributed by atoms with Crippen molar-refractivity contribution < 1.29 is 19.4 Å². The Kier molecular flexibility index (Phi) is 6.24. The molecule has 1 fully saturated rings. The highest BCUT2D eigenvalue weighted by Crippen LogP contribution is 2.40. The van der Waals surface area contributed by atoms with Gasteiger partial charge in [-0.05, 0) is 55.7 Å². The maximum Gasteiger partial charge on any atom is 0.320 e. The molecule has 0 aromatic heterocycles. The van der Waals surface area contributed by atoms with Crippen molar-refractivity contribution in [2.75, 3.05) is 20.3 Å². The first-order valence-electron chi connectivity index (χ1n) is 9.10. The summed E-state index contributed by atoms with van der Waals surface area (Å²) >= 11 is 6.27. The largest absolute Gasteiger partial charge is 0.496 e. The van der Waals surface area contributed by atoms with Crippen LogP contribution in [0.4, 0.5) is 0 Å². The molecular weight excluding hydrogens is 366 g/mol. The number of methoxy groups -OCH3 is 1. The number of halogens is 1. The van der Waals surface area contributed by atoms with Crippen LogP contribution in [0.25, 0.3) is 0 Å². The van der Waals surface area contributed by atoms with Gasteiger partial charge >= 0.3 is 5.97 Å². The number of benzene rings is 2. The van der Waals surface area contributed by atoms with E-state index >= 15 is 0 Å². The Labute approximate surface area is 164 Å². The van der Waals surface area contributed by atoms with E-state index in [1.165, 1.54) is 0 Å². The van der Waals surface area contributed by atoms with Crippen molar-refractivity contribution in [2.24, 2.45) is 0 Å². The van der Waals surface area contributed by atoms with Gasteiger partial charge in [0.25, 0.3) is 0 Å². The van der Waals surface area contributed by atoms with Gasteiger partial charge in [-0.3, -0.25) is 9.69 Å². The minimum atomic E-state index is -0.801. The predicted molar refractivity (Wildman–Crippen MR) is 105 cm³/mol. The molecule has 1 aliphatic rings. The number of ether oxygens (including phenoxy) is 2. The fourth-order valence-electron chi connectivity index (χ4n) is 3.74. The normalized spacial score (nSPS) is 18.3. The molecule has 1 heterocycles. The second kappa shape index (κ2) is 8.63. The summed E-state index contributed by atoms with van der Waals surface area (Å²) in [5.41, 5.74) is 1.84. The summed E-state index contributed by atoms with van der Waals surface area (Å²) in [5.74, 6) is 0.674. The van der Waals surface area contributed by atoms with Crippen molar-refractivity contribution in [1.29, 1.82) is 0 Å². The molecule has 2 aromatic rings. The van der Waals surface area contributed by atoms with Crippen LogP contribution in [0.2, 0.25) is 5.02 Å². The summed E-state index contributed by atoms with van der Waals surface area (Å²) < 4.78 is 11.1. The van der Waals surface area contributed by atoms with Gasteiger partial charge in [-0.2, -0.15) is 0 Å². The third kappa shape index (κ3) is 4.20. The minimum Gasteiger partial charge on any atom is -0.496 e. The third-order valence-electron chi connectivity index (χ3n) is 4.90. The number of aliphatic carboxylic acids is 1. The van der Waals surface area contributed by atoms with Crippen LogP contribution in [0.3, 0.4) is 0 Å². The van der Waals surface area contributed by atoms with Crippen LogP contribution < -0.4 is 9.47 Å². The maximum absolute atomic E-state index is 11.8. The molecule has 3 rings (SSSR count). The number of hydrogen-bond acceptors (Lipinski definition) is 4. The molecule has 2 atom stereocenters. The van der Waals surface area contributed by atoms with Gasteiger partial charge in [0.05, 0.1) is 19.8 Å². The molecule has 2 unspecified atom stereocenters. The van der Waals surface area contributed by atoms with Gasteiger partial charge in [-0.1, -0.05) is 23.7 Å². The third-order valence-corrected chi connectivity index (χ3v) is 5.14. The Hall–Kier alpha value is -2.24. The quantitative estimate of drug-likeness (QED) is 0.761. The zero-order valence-electron chi connectivity index (χ0n) is 15.5. The standard InChI is InChI=1S/C21H24ClNO4/c1-3-27-16-9-6-14(7-10-16)20(23-12-4-5-18(23)21(24)25)17-13-15(22)8-11-19(17)26-2/h6-11,13,18,20H,3-5,12H2,1-2H3,(H,24,25). The zero-order valence-corrected chi connectivity index (χ0v) is 16.3. The average molecular weight is 390 g/mol. The van der Waals surface area contributed by atoms with E-state index in [-0.39, 0.29) is 6.04 Å². The Bertz CT molecular complexity index is 793. The van der Waals surface area contributed by atoms with Gasteiger partial charge in [0, 0.05) is 17.1 Å². The molecule has 144 valence electrons. The van der Waals surface area contributed by atoms with Crippen LogP contribution in [0.1, 0.15) is 36.9 Å². The van der Waals surface area contributed by atoms with Gasteiger partial charge < -0.3 is 14.6 Å². The molecule has 0 amide bonds. The highest BCUT2D eigenvalue weighted by molar-refractivity contribution is 6.30. The number of rotatable bonds is 7. The van der Waals surface area contributed by atoms with E-state index in [0.717, 1.165) is 23.3 Å². The molecular formula is C21H24ClNO4. The summed E-state index contributed by atoms with van der Waals surface area (Å²) in [6.07, 6.45) is 1.47. The first kappa shape index (κ1) is 19.5. The van der Waals surface area contributed by atoms with Crippen molar-refractivity contribution >= 4 is 17.6 Å². The van der Waals surface area contributed by atoms with Gasteiger partial charge in [0.15, 0.2) is 0 Å². The Balaban J connectivity index is 2.09. The van der Waals surface area contributed by atoms with Crippen LogP contribution in [0, 0.1) is 0 Å². The molecule has 0 aliphatic carbocycles. The molecule has 5 nitrogen and oxygen atoms in total. The topological polar surface area (TPSA) is 59.0 Å². The molecule has 1 N–H and O–H groups in total. The first-order valence-corrected chi connectivity index (χ1v) is 9.47. The van der Waals surface area contributed by atoms with Crippen LogP contribution in [0.15, 0.2) is 42.5 Å². The Morgan fingerprint density at radius 1 is 1.30 bits per heavy atom. The molecule has 0 radical (unpaired) electrons. The lowest BCUT2D eigenvalue weighted by atomic mass is 9.95. The fraction of sp³-hybridized carbons (Fsp3) is 0.381. The van der Waals surface area contributed by atoms with Gasteiger partial charge in [-0.15, -0.1) is 0 Å². The van der Waals surface area contributed by atoms with Crippen molar-refractivity contribution in [2.45, 2.75) is 31.8 Å². The molecule has 0 saturated carbocycles. The smallest absolute Gasteiger partial charge is 0.320 e. The lowest BCUT2D eigenvalue weighted by Gasteiger charge is -2.33. The number of carbonyl (C=O) groups is 1. The van der Waals surface area contributed by atoms with Gasteiger partial charge in [0.1, 0.15) is 17.5 Å². The SMILES string of the molecule is CCOc1ccc(C(c2cc(Cl)ccc2OC)N2CCCC2C(=O)O)cc1. The molecule has 27 heavy (non-hydrogen) atoms. The predicted octanol–water partition coefficient (Wildman–Crippen LogP) is 4.39. The van der Waals surface area contributed by atoms with Gasteiger partial charge in [-0.25, -0.2) is 0 Å². The van der Waals surface area contributed by atoms with Crippen LogP contribution in [-0.2, 0) is 4.79 Å². The highest BCUT2D eigenvalue weighted by Gasteiger charge is 2.38. The summed E-state index contributed by atoms with van der Waals surface area (Å²) in [6, 6.07) is 12.4. The van der Waals surface area contributed by atoms with Crippen molar-refractivity contribution in [1.82, 2.24) is 4.90 Å². The van der Waals surface area contributed by atoms with E-state index in [2.05, 4.69) is 0 Å². The summed E-state index contributed by atoms with van der Waals surface area (Å²) in [4.78, 5) is 13.8. The number of likely N-dealkylation sites (tertiary alicyclic amines) is 1. The van der Waals surface area contributed by atoms with Crippen LogP contribution >= 0.6 is 11.6 Å². The van der Waals surface area contributed by atoms with Crippen molar-refractivity contribution in [3.05, 3.63) is 58.6 Å². The molecule has 1 saturated heterocycles. The van der Waals surface area contributed by atoms with E-state index in [9.17, 15) is 9.90 Å². The number of hydrogen-bond donors (Lipinski definition) is 1. The zero-order chi connectivity index (χ0) is 19.4. The monoisotopic (exact) mass is 389 g/mol. The molecule has 0 bridgehead atoms. The van der Waals surface area contributed by atoms with E-state index in [4.69, 9.17) is 21.1 Å². The minimum absolute atomic E-state index is 0.266. The lowest BCUT2D eigenvalue weighted by Crippen LogP contribution is -2.39. The Morgan fingerprint density at radius 2 is 2.04 bits per heavy atom. The summed E-state index contributed by atoms with van der Waals surface area (Å²) in [6.45, 7) is 3.23. The molecule has 0 spiro atoms. The van der Waals surface area contributed by atoms with E-state index in [0.29, 0.717) is 30.3 Å². The molecule has 6 heteroatoms. The van der Waals surface area contributed by atoms with Gasteiger partial charge in [0.2, 0.25) is 0 Å². The van der Waals surface area contributed by atoms with Crippen LogP contribution in [0.5, 0.6) is 11.5 Å². The van der Waals surface area contributed by atoms with Crippen molar-refractivity contribution in [3.8, 4) is 11.5 Å². The summed E-state index contributed by atoms with van der Waals surface area (Å²) in [7, 11) is 1.61. The van der Waals surface area contributed by atoms with E-state index in [1.807, 2.05) is 48.2 Å². The van der Waals surface area contributed by atoms with Crippen molar-refractivity contribution in [3.63, 3.8) is 0 Å². The fourth-order valence-corrected chi connectivity index (χ4v) is 3.93. The Morgan fingerprint density at radius 3 is 2.67 bits per heavy atom. The molecule has 2 aromatic carbocycles. The lowest BCUT2D eigenvalue weighted by molar-refractivity contribution is -0.142. The number of carboxylic acid groups (broad SMARTS) is 1. The highest BCUT2D eigenvalue weighted by atomic mass is 35.5. The van der Waals surface area contributed by atoms with Crippen LogP contribution in [-0.4, -0.2) is 42.3 Å². The second-order valence-electron chi connectivity index (χ2n) is 6.52. The first-order chi connectivity index (χ1) is 13.0. The maximum atomic E-state index is 11.8. The summed E-state index contributed by atoms with van der Waals surface area (Å²) in [5, 5.41) is 10.3. The average Bonchev–Trinajstić information content (AvgIpc) is 3.13. The number of nitrogens with zero attached hydrogens (tertiary/aromatic N) is 1. The second-order valence-corrected chi connectivity index (χ2v) is 6.96. The van der Waals surface area contributed by atoms with E-state index < -0.39 is 12.0 Å². The molecule has 1 aliphatic heterocycles.